The lowest BCUT2D eigenvalue weighted by Crippen LogP contribution is -2.37. The molecule has 0 bridgehead atoms. The van der Waals surface area contributed by atoms with Gasteiger partial charge >= 0.3 is 12.1 Å². The van der Waals surface area contributed by atoms with Crippen molar-refractivity contribution in [2.75, 3.05) is 25.4 Å². The Morgan fingerprint density at radius 2 is 1.21 bits per heavy atom. The number of hydrogen-bond acceptors (Lipinski definition) is 11. The Hall–Kier alpha value is -4.54. The van der Waals surface area contributed by atoms with E-state index in [2.05, 4.69) is 30.6 Å². The molecule has 2 aliphatic carbocycles. The lowest BCUT2D eigenvalue weighted by molar-refractivity contribution is 0.0512. The number of amides is 4. The molecule has 2 aliphatic heterocycles. The Labute approximate surface area is 323 Å². The van der Waals surface area contributed by atoms with Crippen molar-refractivity contribution in [2.45, 2.75) is 63.9 Å². The Bertz CT molecular complexity index is 2120. The topological polar surface area (TPSA) is 207 Å². The van der Waals surface area contributed by atoms with Gasteiger partial charge in [0.1, 0.15) is 11.5 Å². The van der Waals surface area contributed by atoms with Crippen molar-refractivity contribution in [3.8, 4) is 34.0 Å². The minimum atomic E-state index is -0.130. The minimum Gasteiger partial charge on any atom is -0.506 e. The summed E-state index contributed by atoms with van der Waals surface area (Å²) in [6.07, 6.45) is 4.08. The van der Waals surface area contributed by atoms with Gasteiger partial charge in [-0.1, -0.05) is 46.4 Å². The Kier molecular flexibility index (Phi) is 10.5. The number of fused-ring (bicyclic) bond motifs is 2. The molecule has 0 spiro atoms. The van der Waals surface area contributed by atoms with E-state index in [9.17, 15) is 14.7 Å². The highest BCUT2D eigenvalue weighted by Crippen LogP contribution is 2.41. The molecular weight excluding hydrogens is 770 g/mol. The normalized spacial score (nSPS) is 15.7. The number of aromatic nitrogens is 4. The molecule has 0 saturated heterocycles. The number of nitrogens with two attached hydrogens (primary N) is 2. The van der Waals surface area contributed by atoms with Crippen LogP contribution in [0.25, 0.3) is 22.5 Å². The summed E-state index contributed by atoms with van der Waals surface area (Å²) in [5, 5.41) is 17.1. The second-order valence-electron chi connectivity index (χ2n) is 13.0. The number of hydrogen-bond donors (Lipinski definition) is 5. The number of anilines is 2. The molecule has 0 atom stereocenters. The van der Waals surface area contributed by atoms with Crippen molar-refractivity contribution >= 4 is 70.4 Å². The number of carbonyl (C=O) groups excluding carboxylic acids is 2. The molecule has 4 amide bonds. The molecule has 2 fully saturated rings. The van der Waals surface area contributed by atoms with Gasteiger partial charge in [-0.05, 0) is 49.9 Å². The predicted octanol–water partition coefficient (Wildman–Crippen LogP) is 6.13. The maximum atomic E-state index is 12.4. The molecule has 2 aromatic heterocycles. The van der Waals surface area contributed by atoms with Gasteiger partial charge in [0.25, 0.3) is 0 Å². The summed E-state index contributed by atoms with van der Waals surface area (Å²) in [5.41, 5.74) is 16.9. The first-order valence-corrected chi connectivity index (χ1v) is 18.1. The summed E-state index contributed by atoms with van der Waals surface area (Å²) in [6.45, 7) is 1.48. The molecule has 7 N–H and O–H groups in total. The van der Waals surface area contributed by atoms with Crippen molar-refractivity contribution in [1.29, 1.82) is 0 Å². The van der Waals surface area contributed by atoms with Gasteiger partial charge in [-0.15, -0.1) is 0 Å². The minimum absolute atomic E-state index is 0.0416. The number of phenols is 1. The highest BCUT2D eigenvalue weighted by atomic mass is 35.5. The number of benzene rings is 2. The quantitative estimate of drug-likeness (QED) is 0.134. The zero-order valence-electron chi connectivity index (χ0n) is 28.3. The number of nitrogen functional groups attached to an aromatic ring is 2. The summed E-state index contributed by atoms with van der Waals surface area (Å²) in [7, 11) is 1.52. The van der Waals surface area contributed by atoms with Crippen LogP contribution in [0.3, 0.4) is 0 Å². The molecule has 4 aliphatic rings. The first-order valence-electron chi connectivity index (χ1n) is 16.6. The Morgan fingerprint density at radius 1 is 0.736 bits per heavy atom. The number of phenolic OH excluding ortho intramolecular Hbond substituents is 1. The van der Waals surface area contributed by atoms with Crippen LogP contribution >= 0.6 is 46.4 Å². The van der Waals surface area contributed by atoms with E-state index in [1.165, 1.54) is 19.2 Å². The van der Waals surface area contributed by atoms with Crippen LogP contribution in [0.15, 0.2) is 24.3 Å². The molecule has 2 saturated carbocycles. The molecule has 0 unspecified atom stereocenters. The van der Waals surface area contributed by atoms with Crippen LogP contribution in [0.5, 0.6) is 11.5 Å². The van der Waals surface area contributed by atoms with E-state index in [4.69, 9.17) is 67.3 Å². The number of carbonyl (C=O) groups is 2. The van der Waals surface area contributed by atoms with Gasteiger partial charge in [-0.3, -0.25) is 0 Å². The molecule has 8 rings (SSSR count). The first-order chi connectivity index (χ1) is 25.4. The number of rotatable bonds is 7. The van der Waals surface area contributed by atoms with Crippen LogP contribution < -0.4 is 26.8 Å². The van der Waals surface area contributed by atoms with Crippen LogP contribution in [0.2, 0.25) is 20.1 Å². The van der Waals surface area contributed by atoms with Gasteiger partial charge < -0.3 is 46.5 Å². The highest BCUT2D eigenvalue weighted by molar-refractivity contribution is 6.38. The molecular formula is C34H34Cl4N10O5. The Balaban J connectivity index is 0.000000165. The van der Waals surface area contributed by atoms with Gasteiger partial charge in [-0.2, -0.15) is 0 Å². The van der Waals surface area contributed by atoms with Crippen molar-refractivity contribution in [1.82, 2.24) is 40.4 Å². The molecule has 2 aromatic carbocycles. The standard InChI is InChI=1S/C18H19Cl2N5O3.C16H15Cl2N5O2/c1-27-8-28-15-4-10(12(19)5-13(15)20)16-11-6-25(18(26)22-9-2-3-9)7-14(11)23-17(21)24-16;17-10-4-11(18)13(24)3-8(10)14-9-5-23(16(25)20-7-1-2-7)6-12(9)21-15(19)22-14/h4-5,9H,2-3,6-8H2,1H3,(H,22,26)(H2,21,23,24);3-4,7,24H,1-2,5-6H2,(H,20,25)(H2,19,21,22). The summed E-state index contributed by atoms with van der Waals surface area (Å²) in [6, 6.07) is 6.48. The third-order valence-electron chi connectivity index (χ3n) is 8.88. The molecule has 4 aromatic rings. The molecule has 4 heterocycles. The average Bonchev–Trinajstić information content (AvgIpc) is 4.02. The maximum Gasteiger partial charge on any atom is 0.318 e. The van der Waals surface area contributed by atoms with E-state index >= 15 is 0 Å². The van der Waals surface area contributed by atoms with Crippen molar-refractivity contribution < 1.29 is 24.2 Å². The van der Waals surface area contributed by atoms with E-state index < -0.39 is 0 Å². The zero-order valence-corrected chi connectivity index (χ0v) is 31.3. The number of aromatic hydroxyl groups is 1. The number of methoxy groups -OCH3 is 1. The highest BCUT2D eigenvalue weighted by Gasteiger charge is 2.34. The number of ether oxygens (including phenoxy) is 2. The van der Waals surface area contributed by atoms with Gasteiger partial charge in [0.15, 0.2) is 6.79 Å². The lowest BCUT2D eigenvalue weighted by atomic mass is 10.1. The number of halogens is 4. The fourth-order valence-corrected chi connectivity index (χ4v) is 6.93. The molecule has 278 valence electrons. The van der Waals surface area contributed by atoms with E-state index in [0.717, 1.165) is 36.8 Å². The second-order valence-corrected chi connectivity index (χ2v) is 14.6. The maximum absolute atomic E-state index is 12.4. The fourth-order valence-electron chi connectivity index (χ4n) is 5.93. The largest absolute Gasteiger partial charge is 0.506 e. The molecule has 15 nitrogen and oxygen atoms in total. The monoisotopic (exact) mass is 802 g/mol. The smallest absolute Gasteiger partial charge is 0.318 e. The lowest BCUT2D eigenvalue weighted by Gasteiger charge is -2.16. The van der Waals surface area contributed by atoms with Gasteiger partial charge in [-0.25, -0.2) is 29.5 Å². The van der Waals surface area contributed by atoms with Crippen LogP contribution in [-0.2, 0) is 30.9 Å². The van der Waals surface area contributed by atoms with E-state index in [-0.39, 0.29) is 53.6 Å². The van der Waals surface area contributed by atoms with Gasteiger partial charge in [0, 0.05) is 41.4 Å². The third-order valence-corrected chi connectivity index (χ3v) is 10.1. The third kappa shape index (κ3) is 8.19. The predicted molar refractivity (Wildman–Crippen MR) is 200 cm³/mol. The SMILES string of the molecule is COCOc1cc(-c2nc(N)nc3c2CN(C(=O)NC2CC2)C3)c(Cl)cc1Cl.Nc1nc2c(c(-c3cc(O)c(Cl)cc3Cl)n1)CN(C(=O)NC1CC1)C2. The second kappa shape index (κ2) is 15.1. The fraction of sp³-hybridized carbons (Fsp3) is 0.353. The van der Waals surface area contributed by atoms with Crippen LogP contribution in [0, 0.1) is 0 Å². The van der Waals surface area contributed by atoms with E-state index in [1.54, 1.807) is 21.9 Å². The molecule has 53 heavy (non-hydrogen) atoms. The van der Waals surface area contributed by atoms with Crippen molar-refractivity contribution in [3.05, 3.63) is 66.9 Å². The zero-order chi connectivity index (χ0) is 37.6. The first kappa shape index (κ1) is 36.8. The van der Waals surface area contributed by atoms with Gasteiger partial charge in [0.05, 0.1) is 69.0 Å². The van der Waals surface area contributed by atoms with Crippen LogP contribution in [0.4, 0.5) is 21.5 Å². The van der Waals surface area contributed by atoms with Crippen molar-refractivity contribution in [3.63, 3.8) is 0 Å². The summed E-state index contributed by atoms with van der Waals surface area (Å²) < 4.78 is 10.4. The Morgan fingerprint density at radius 3 is 1.68 bits per heavy atom. The van der Waals surface area contributed by atoms with E-state index in [1.807, 2.05) is 0 Å². The molecule has 0 radical (unpaired) electrons. The van der Waals surface area contributed by atoms with E-state index in [0.29, 0.717) is 80.9 Å². The molecule has 19 heteroatoms. The number of urea groups is 2. The summed E-state index contributed by atoms with van der Waals surface area (Å²) in [4.78, 5) is 45.3. The summed E-state index contributed by atoms with van der Waals surface area (Å²) >= 11 is 24.8. The average molecular weight is 805 g/mol. The number of nitrogens with zero attached hydrogens (tertiary/aromatic N) is 6. The summed E-state index contributed by atoms with van der Waals surface area (Å²) in [5.74, 6) is 0.510. The van der Waals surface area contributed by atoms with Crippen molar-refractivity contribution in [2.24, 2.45) is 0 Å². The van der Waals surface area contributed by atoms with Crippen LogP contribution in [-0.4, -0.2) is 72.9 Å². The van der Waals surface area contributed by atoms with Crippen LogP contribution in [0.1, 0.15) is 48.2 Å². The number of nitrogens with one attached hydrogen (secondary N) is 2. The van der Waals surface area contributed by atoms with Gasteiger partial charge in [0.2, 0.25) is 11.9 Å².